The molecule has 1 fully saturated rings. The molecule has 2 heterocycles. The molecule has 0 spiro atoms. The Bertz CT molecular complexity index is 362. The molecule has 2 rings (SSSR count). The lowest BCUT2D eigenvalue weighted by atomic mass is 10.1. The number of hydrogen-bond acceptors (Lipinski definition) is 4. The fourth-order valence-electron chi connectivity index (χ4n) is 2.83. The van der Waals surface area contributed by atoms with Crippen LogP contribution in [0.4, 0.5) is 0 Å². The van der Waals surface area contributed by atoms with Gasteiger partial charge < -0.3 is 5.32 Å². The molecule has 1 aliphatic rings. The summed E-state index contributed by atoms with van der Waals surface area (Å²) >= 11 is 1.83. The molecule has 1 aliphatic heterocycles. The molecule has 1 saturated heterocycles. The molecular formula is C15H28ClN3S. The van der Waals surface area contributed by atoms with Crippen LogP contribution < -0.4 is 5.32 Å². The Hall–Kier alpha value is -0.160. The molecule has 0 bridgehead atoms. The van der Waals surface area contributed by atoms with Crippen LogP contribution in [0.2, 0.25) is 0 Å². The molecular weight excluding hydrogens is 290 g/mol. The maximum absolute atomic E-state index is 4.77. The first kappa shape index (κ1) is 17.9. The SMILES string of the molecule is CCCc1csc(CN(CC)C2CCCNCC2)n1.Cl. The third-order valence-electron chi connectivity index (χ3n) is 3.91. The lowest BCUT2D eigenvalue weighted by molar-refractivity contribution is 0.182. The summed E-state index contributed by atoms with van der Waals surface area (Å²) in [5, 5.41) is 7.03. The van der Waals surface area contributed by atoms with Gasteiger partial charge in [0, 0.05) is 11.4 Å². The monoisotopic (exact) mass is 317 g/mol. The van der Waals surface area contributed by atoms with Gasteiger partial charge in [-0.3, -0.25) is 4.90 Å². The molecule has 116 valence electrons. The van der Waals surface area contributed by atoms with Gasteiger partial charge in [0.1, 0.15) is 5.01 Å². The minimum absolute atomic E-state index is 0. The molecule has 1 aromatic heterocycles. The van der Waals surface area contributed by atoms with Gasteiger partial charge in [-0.05, 0) is 45.3 Å². The molecule has 0 radical (unpaired) electrons. The van der Waals surface area contributed by atoms with Gasteiger partial charge in [0.15, 0.2) is 0 Å². The fraction of sp³-hybridized carbons (Fsp3) is 0.800. The molecule has 0 aromatic carbocycles. The summed E-state index contributed by atoms with van der Waals surface area (Å²) in [4.78, 5) is 7.38. The van der Waals surface area contributed by atoms with Crippen molar-refractivity contribution in [3.63, 3.8) is 0 Å². The highest BCUT2D eigenvalue weighted by Gasteiger charge is 2.19. The average molecular weight is 318 g/mol. The average Bonchev–Trinajstić information content (AvgIpc) is 2.69. The summed E-state index contributed by atoms with van der Waals surface area (Å²) < 4.78 is 0. The van der Waals surface area contributed by atoms with Crippen molar-refractivity contribution in [3.8, 4) is 0 Å². The Kier molecular flexibility index (Phi) is 8.69. The minimum atomic E-state index is 0. The quantitative estimate of drug-likeness (QED) is 0.870. The van der Waals surface area contributed by atoms with Crippen molar-refractivity contribution in [2.45, 2.75) is 58.5 Å². The van der Waals surface area contributed by atoms with E-state index in [2.05, 4.69) is 29.4 Å². The van der Waals surface area contributed by atoms with Crippen molar-refractivity contribution >= 4 is 23.7 Å². The van der Waals surface area contributed by atoms with E-state index in [-0.39, 0.29) is 12.4 Å². The van der Waals surface area contributed by atoms with Crippen LogP contribution in [0.25, 0.3) is 0 Å². The van der Waals surface area contributed by atoms with E-state index in [0.29, 0.717) is 0 Å². The number of aryl methyl sites for hydroxylation is 1. The van der Waals surface area contributed by atoms with Gasteiger partial charge in [0.25, 0.3) is 0 Å². The smallest absolute Gasteiger partial charge is 0.107 e. The summed E-state index contributed by atoms with van der Waals surface area (Å²) in [7, 11) is 0. The van der Waals surface area contributed by atoms with Crippen LogP contribution in [-0.4, -0.2) is 35.6 Å². The lowest BCUT2D eigenvalue weighted by Crippen LogP contribution is -2.35. The predicted octanol–water partition coefficient (Wildman–Crippen LogP) is 3.48. The zero-order valence-electron chi connectivity index (χ0n) is 12.7. The largest absolute Gasteiger partial charge is 0.317 e. The molecule has 1 unspecified atom stereocenters. The third kappa shape index (κ3) is 5.32. The van der Waals surface area contributed by atoms with E-state index >= 15 is 0 Å². The summed E-state index contributed by atoms with van der Waals surface area (Å²) in [5.74, 6) is 0. The number of aromatic nitrogens is 1. The summed E-state index contributed by atoms with van der Waals surface area (Å²) in [6, 6.07) is 0.735. The van der Waals surface area contributed by atoms with Crippen LogP contribution in [0.5, 0.6) is 0 Å². The number of halogens is 1. The Balaban J connectivity index is 0.00000200. The summed E-state index contributed by atoms with van der Waals surface area (Å²) in [6.45, 7) is 9.02. The van der Waals surface area contributed by atoms with Crippen molar-refractivity contribution < 1.29 is 0 Å². The first-order valence-electron chi connectivity index (χ1n) is 7.71. The van der Waals surface area contributed by atoms with Crippen LogP contribution in [0.1, 0.15) is 50.2 Å². The van der Waals surface area contributed by atoms with Crippen molar-refractivity contribution in [1.29, 1.82) is 0 Å². The standard InChI is InChI=1S/C15H27N3S.ClH/c1-3-6-13-12-19-15(17-13)11-18(4-2)14-7-5-9-16-10-8-14;/h12,14,16H,3-11H2,1-2H3;1H. The van der Waals surface area contributed by atoms with Crippen LogP contribution in [0, 0.1) is 0 Å². The molecule has 0 aliphatic carbocycles. The van der Waals surface area contributed by atoms with E-state index in [1.165, 1.54) is 49.5 Å². The maximum Gasteiger partial charge on any atom is 0.107 e. The van der Waals surface area contributed by atoms with Gasteiger partial charge >= 0.3 is 0 Å². The number of rotatable bonds is 6. The molecule has 1 N–H and O–H groups in total. The minimum Gasteiger partial charge on any atom is -0.317 e. The highest BCUT2D eigenvalue weighted by Crippen LogP contribution is 2.19. The van der Waals surface area contributed by atoms with Gasteiger partial charge in [0.2, 0.25) is 0 Å². The Morgan fingerprint density at radius 1 is 1.35 bits per heavy atom. The van der Waals surface area contributed by atoms with Crippen molar-refractivity contribution in [3.05, 3.63) is 16.1 Å². The van der Waals surface area contributed by atoms with E-state index in [1.807, 2.05) is 11.3 Å². The Morgan fingerprint density at radius 3 is 2.95 bits per heavy atom. The molecule has 0 amide bonds. The normalized spacial score (nSPS) is 19.6. The summed E-state index contributed by atoms with van der Waals surface area (Å²) in [5.41, 5.74) is 1.28. The van der Waals surface area contributed by atoms with E-state index in [0.717, 1.165) is 25.6 Å². The second-order valence-corrected chi connectivity index (χ2v) is 6.32. The molecule has 0 saturated carbocycles. The fourth-order valence-corrected chi connectivity index (χ4v) is 3.68. The first-order valence-corrected chi connectivity index (χ1v) is 8.59. The second-order valence-electron chi connectivity index (χ2n) is 5.38. The number of nitrogens with zero attached hydrogens (tertiary/aromatic N) is 2. The Morgan fingerprint density at radius 2 is 2.20 bits per heavy atom. The van der Waals surface area contributed by atoms with Crippen LogP contribution in [0.3, 0.4) is 0 Å². The second kappa shape index (κ2) is 9.72. The number of thiazole rings is 1. The van der Waals surface area contributed by atoms with Gasteiger partial charge in [-0.2, -0.15) is 0 Å². The van der Waals surface area contributed by atoms with E-state index in [4.69, 9.17) is 4.98 Å². The van der Waals surface area contributed by atoms with E-state index in [1.54, 1.807) is 0 Å². The molecule has 1 aromatic rings. The highest BCUT2D eigenvalue weighted by molar-refractivity contribution is 7.09. The van der Waals surface area contributed by atoms with Gasteiger partial charge in [-0.25, -0.2) is 4.98 Å². The van der Waals surface area contributed by atoms with Gasteiger partial charge in [0.05, 0.1) is 12.2 Å². The lowest BCUT2D eigenvalue weighted by Gasteiger charge is -2.28. The molecule has 1 atom stereocenters. The highest BCUT2D eigenvalue weighted by atomic mass is 35.5. The van der Waals surface area contributed by atoms with Gasteiger partial charge in [-0.1, -0.05) is 20.3 Å². The predicted molar refractivity (Wildman–Crippen MR) is 89.9 cm³/mol. The topological polar surface area (TPSA) is 28.2 Å². The Labute approximate surface area is 133 Å². The van der Waals surface area contributed by atoms with E-state index < -0.39 is 0 Å². The van der Waals surface area contributed by atoms with Crippen LogP contribution >= 0.6 is 23.7 Å². The summed E-state index contributed by atoms with van der Waals surface area (Å²) in [6.07, 6.45) is 6.22. The number of hydrogen-bond donors (Lipinski definition) is 1. The number of nitrogens with one attached hydrogen (secondary N) is 1. The van der Waals surface area contributed by atoms with Crippen LogP contribution in [-0.2, 0) is 13.0 Å². The zero-order valence-corrected chi connectivity index (χ0v) is 14.4. The zero-order chi connectivity index (χ0) is 13.5. The molecule has 5 heteroatoms. The molecule has 20 heavy (non-hydrogen) atoms. The third-order valence-corrected chi connectivity index (χ3v) is 4.79. The van der Waals surface area contributed by atoms with Crippen molar-refractivity contribution in [2.24, 2.45) is 0 Å². The first-order chi connectivity index (χ1) is 9.33. The van der Waals surface area contributed by atoms with Crippen LogP contribution in [0.15, 0.2) is 5.38 Å². The van der Waals surface area contributed by atoms with E-state index in [9.17, 15) is 0 Å². The van der Waals surface area contributed by atoms with Crippen molar-refractivity contribution in [2.75, 3.05) is 19.6 Å². The van der Waals surface area contributed by atoms with Crippen molar-refractivity contribution in [1.82, 2.24) is 15.2 Å². The maximum atomic E-state index is 4.77. The van der Waals surface area contributed by atoms with Gasteiger partial charge in [-0.15, -0.1) is 23.7 Å². The molecule has 3 nitrogen and oxygen atoms in total.